The molecule has 1 N–H and O–H groups in total. The van der Waals surface area contributed by atoms with Crippen LogP contribution in [0.3, 0.4) is 0 Å². The van der Waals surface area contributed by atoms with Crippen molar-refractivity contribution in [2.45, 2.75) is 33.6 Å². The molecule has 8 heteroatoms. The maximum Gasteiger partial charge on any atom is 0.321 e. The topological polar surface area (TPSA) is 65.5 Å². The zero-order chi connectivity index (χ0) is 20.3. The average Bonchev–Trinajstić information content (AvgIpc) is 3.05. The first-order valence-corrected chi connectivity index (χ1v) is 10.7. The summed E-state index contributed by atoms with van der Waals surface area (Å²) >= 11 is 7.61. The van der Waals surface area contributed by atoms with Gasteiger partial charge in [0.15, 0.2) is 0 Å². The molecular formula is C20H25ClN4O2S. The Morgan fingerprint density at radius 3 is 2.50 bits per heavy atom. The smallest absolute Gasteiger partial charge is 0.321 e. The van der Waals surface area contributed by atoms with Crippen LogP contribution in [0.4, 0.5) is 10.5 Å². The fourth-order valence-electron chi connectivity index (χ4n) is 3.10. The molecule has 2 heterocycles. The molecule has 0 atom stereocenters. The molecule has 0 unspecified atom stereocenters. The quantitative estimate of drug-likeness (QED) is 0.799. The lowest BCUT2D eigenvalue weighted by atomic mass is 10.2. The highest BCUT2D eigenvalue weighted by Crippen LogP contribution is 2.23. The summed E-state index contributed by atoms with van der Waals surface area (Å²) < 4.78 is 0. The van der Waals surface area contributed by atoms with Gasteiger partial charge in [0.1, 0.15) is 4.88 Å². The second-order valence-corrected chi connectivity index (χ2v) is 8.44. The van der Waals surface area contributed by atoms with Crippen molar-refractivity contribution in [3.8, 4) is 0 Å². The van der Waals surface area contributed by atoms with E-state index >= 15 is 0 Å². The molecular weight excluding hydrogens is 396 g/mol. The van der Waals surface area contributed by atoms with Crippen LogP contribution in [0.1, 0.15) is 39.3 Å². The predicted molar refractivity (Wildman–Crippen MR) is 114 cm³/mol. The molecule has 0 aliphatic carbocycles. The zero-order valence-electron chi connectivity index (χ0n) is 16.4. The van der Waals surface area contributed by atoms with E-state index < -0.39 is 0 Å². The SMILES string of the molecule is CCCc1nc(C)c(C(=O)N2CCN(C(=O)Nc3ccc(C)c(Cl)c3)CC2)s1. The van der Waals surface area contributed by atoms with E-state index in [0.29, 0.717) is 36.9 Å². The maximum absolute atomic E-state index is 12.8. The molecule has 3 rings (SSSR count). The molecule has 0 bridgehead atoms. The summed E-state index contributed by atoms with van der Waals surface area (Å²) in [7, 11) is 0. The molecule has 1 aliphatic heterocycles. The van der Waals surface area contributed by atoms with Crippen LogP contribution in [-0.2, 0) is 6.42 Å². The fourth-order valence-corrected chi connectivity index (χ4v) is 4.42. The van der Waals surface area contributed by atoms with E-state index in [-0.39, 0.29) is 11.9 Å². The molecule has 0 spiro atoms. The molecule has 1 saturated heterocycles. The van der Waals surface area contributed by atoms with Gasteiger partial charge in [-0.05, 0) is 44.4 Å². The maximum atomic E-state index is 12.8. The minimum absolute atomic E-state index is 0.0164. The summed E-state index contributed by atoms with van der Waals surface area (Å²) in [6, 6.07) is 5.28. The van der Waals surface area contributed by atoms with Gasteiger partial charge < -0.3 is 15.1 Å². The Balaban J connectivity index is 1.57. The predicted octanol–water partition coefficient (Wildman–Crippen LogP) is 4.36. The lowest BCUT2D eigenvalue weighted by Crippen LogP contribution is -2.51. The van der Waals surface area contributed by atoms with Gasteiger partial charge in [0.05, 0.1) is 10.7 Å². The number of hydrogen-bond donors (Lipinski definition) is 1. The number of nitrogens with one attached hydrogen (secondary N) is 1. The third-order valence-electron chi connectivity index (χ3n) is 4.78. The van der Waals surface area contributed by atoms with E-state index in [1.54, 1.807) is 11.0 Å². The number of aromatic nitrogens is 1. The zero-order valence-corrected chi connectivity index (χ0v) is 18.0. The number of benzene rings is 1. The minimum Gasteiger partial charge on any atom is -0.334 e. The molecule has 6 nitrogen and oxygen atoms in total. The first-order valence-electron chi connectivity index (χ1n) is 9.46. The van der Waals surface area contributed by atoms with Crippen LogP contribution < -0.4 is 5.32 Å². The van der Waals surface area contributed by atoms with Gasteiger partial charge in [0.25, 0.3) is 5.91 Å². The van der Waals surface area contributed by atoms with Gasteiger partial charge in [0, 0.05) is 36.9 Å². The number of anilines is 1. The number of aryl methyl sites for hydroxylation is 3. The number of halogens is 1. The standard InChI is InChI=1S/C20H25ClN4O2S/c1-4-5-17-22-14(3)18(28-17)19(26)24-8-10-25(11-9-24)20(27)23-15-7-6-13(2)16(21)12-15/h6-7,12H,4-5,8-11H2,1-3H3,(H,23,27). The van der Waals surface area contributed by atoms with E-state index in [0.717, 1.165) is 34.0 Å². The second-order valence-electron chi connectivity index (χ2n) is 6.95. The number of urea groups is 1. The van der Waals surface area contributed by atoms with Crippen LogP contribution in [0, 0.1) is 13.8 Å². The van der Waals surface area contributed by atoms with Crippen molar-refractivity contribution >= 4 is 40.6 Å². The van der Waals surface area contributed by atoms with Gasteiger partial charge in [-0.3, -0.25) is 4.79 Å². The van der Waals surface area contributed by atoms with Crippen molar-refractivity contribution in [2.24, 2.45) is 0 Å². The number of carbonyl (C=O) groups excluding carboxylic acids is 2. The van der Waals surface area contributed by atoms with E-state index in [1.807, 2.05) is 30.9 Å². The molecule has 28 heavy (non-hydrogen) atoms. The first-order chi connectivity index (χ1) is 13.4. The fraction of sp³-hybridized carbons (Fsp3) is 0.450. The summed E-state index contributed by atoms with van der Waals surface area (Å²) in [5.41, 5.74) is 2.44. The highest BCUT2D eigenvalue weighted by molar-refractivity contribution is 7.13. The number of carbonyl (C=O) groups is 2. The van der Waals surface area contributed by atoms with Gasteiger partial charge in [-0.1, -0.05) is 24.6 Å². The van der Waals surface area contributed by atoms with Crippen molar-refractivity contribution in [3.63, 3.8) is 0 Å². The summed E-state index contributed by atoms with van der Waals surface area (Å²) in [6.07, 6.45) is 1.91. The molecule has 1 aromatic heterocycles. The summed E-state index contributed by atoms with van der Waals surface area (Å²) in [5, 5.41) is 4.51. The number of rotatable bonds is 4. The van der Waals surface area contributed by atoms with E-state index in [2.05, 4.69) is 17.2 Å². The molecule has 1 fully saturated rings. The molecule has 3 amide bonds. The number of amides is 3. The summed E-state index contributed by atoms with van der Waals surface area (Å²) in [4.78, 5) is 34.1. The molecule has 0 radical (unpaired) electrons. The third-order valence-corrected chi connectivity index (χ3v) is 6.39. The minimum atomic E-state index is -0.175. The third kappa shape index (κ3) is 4.64. The molecule has 2 aromatic rings. The van der Waals surface area contributed by atoms with Crippen LogP contribution >= 0.6 is 22.9 Å². The van der Waals surface area contributed by atoms with E-state index in [9.17, 15) is 9.59 Å². The number of piperazine rings is 1. The van der Waals surface area contributed by atoms with Crippen LogP contribution in [0.2, 0.25) is 5.02 Å². The van der Waals surface area contributed by atoms with E-state index in [4.69, 9.17) is 11.6 Å². The second kappa shape index (κ2) is 8.92. The summed E-state index contributed by atoms with van der Waals surface area (Å²) in [5.74, 6) is 0.0164. The highest BCUT2D eigenvalue weighted by Gasteiger charge is 2.27. The van der Waals surface area contributed by atoms with Gasteiger partial charge in [-0.25, -0.2) is 9.78 Å². The van der Waals surface area contributed by atoms with Crippen molar-refractivity contribution in [2.75, 3.05) is 31.5 Å². The number of hydrogen-bond acceptors (Lipinski definition) is 4. The largest absolute Gasteiger partial charge is 0.334 e. The average molecular weight is 421 g/mol. The molecule has 1 aliphatic rings. The van der Waals surface area contributed by atoms with E-state index in [1.165, 1.54) is 11.3 Å². The monoisotopic (exact) mass is 420 g/mol. The lowest BCUT2D eigenvalue weighted by molar-refractivity contribution is 0.0675. The van der Waals surface area contributed by atoms with Gasteiger partial charge in [0.2, 0.25) is 0 Å². The first kappa shape index (κ1) is 20.6. The molecule has 0 saturated carbocycles. The van der Waals surface area contributed by atoms with Gasteiger partial charge in [-0.2, -0.15) is 0 Å². The van der Waals surface area contributed by atoms with Gasteiger partial charge in [-0.15, -0.1) is 11.3 Å². The number of thiazole rings is 1. The van der Waals surface area contributed by atoms with Crippen LogP contribution in [0.25, 0.3) is 0 Å². The Morgan fingerprint density at radius 2 is 1.86 bits per heavy atom. The highest BCUT2D eigenvalue weighted by atomic mass is 35.5. The lowest BCUT2D eigenvalue weighted by Gasteiger charge is -2.34. The molecule has 1 aromatic carbocycles. The summed E-state index contributed by atoms with van der Waals surface area (Å²) in [6.45, 7) is 7.93. The van der Waals surface area contributed by atoms with Crippen LogP contribution in [-0.4, -0.2) is 52.9 Å². The Kier molecular flexibility index (Phi) is 6.57. The van der Waals surface area contributed by atoms with Crippen LogP contribution in [0.15, 0.2) is 18.2 Å². The Labute approximate surface area is 174 Å². The number of nitrogens with zero attached hydrogens (tertiary/aromatic N) is 3. The van der Waals surface area contributed by atoms with Crippen molar-refractivity contribution < 1.29 is 9.59 Å². The van der Waals surface area contributed by atoms with Crippen molar-refractivity contribution in [1.29, 1.82) is 0 Å². The Morgan fingerprint density at radius 1 is 1.18 bits per heavy atom. The molecule has 150 valence electrons. The Bertz CT molecular complexity index is 875. The Hall–Kier alpha value is -2.12. The van der Waals surface area contributed by atoms with Crippen LogP contribution in [0.5, 0.6) is 0 Å². The van der Waals surface area contributed by atoms with Gasteiger partial charge >= 0.3 is 6.03 Å². The normalized spacial score (nSPS) is 14.3. The van der Waals surface area contributed by atoms with Crippen molar-refractivity contribution in [3.05, 3.63) is 44.4 Å². The van der Waals surface area contributed by atoms with Crippen molar-refractivity contribution in [1.82, 2.24) is 14.8 Å².